The van der Waals surface area contributed by atoms with Gasteiger partial charge in [-0.15, -0.1) is 0 Å². The smallest absolute Gasteiger partial charge is 0.123 e. The van der Waals surface area contributed by atoms with E-state index in [9.17, 15) is 0 Å². The first-order valence-corrected chi connectivity index (χ1v) is 5.14. The third-order valence-electron chi connectivity index (χ3n) is 2.45. The highest BCUT2D eigenvalue weighted by Gasteiger charge is 2.05. The maximum absolute atomic E-state index is 8.70. The van der Waals surface area contributed by atoms with E-state index in [-0.39, 0.29) is 0 Å². The standard InChI is InChI=1S/C13H11N3O/c1-17-13-6-11(3-2-10(13)4-5-14)12-7-15-9-16-8-12/h2-3,6-9H,4H2,1H3. The fourth-order valence-corrected chi connectivity index (χ4v) is 1.60. The predicted molar refractivity (Wildman–Crippen MR) is 63.3 cm³/mol. The number of ether oxygens (including phenoxy) is 1. The van der Waals surface area contributed by atoms with Crippen LogP contribution < -0.4 is 4.74 Å². The number of hydrogen-bond acceptors (Lipinski definition) is 4. The third-order valence-corrected chi connectivity index (χ3v) is 2.45. The number of nitrogens with zero attached hydrogens (tertiary/aromatic N) is 3. The van der Waals surface area contributed by atoms with Crippen molar-refractivity contribution in [3.8, 4) is 22.9 Å². The van der Waals surface area contributed by atoms with Crippen LogP contribution in [0.4, 0.5) is 0 Å². The van der Waals surface area contributed by atoms with Crippen molar-refractivity contribution in [2.24, 2.45) is 0 Å². The van der Waals surface area contributed by atoms with Gasteiger partial charge < -0.3 is 4.74 Å². The van der Waals surface area contributed by atoms with Crippen molar-refractivity contribution in [1.29, 1.82) is 5.26 Å². The molecule has 2 rings (SSSR count). The Hall–Kier alpha value is -2.41. The summed E-state index contributed by atoms with van der Waals surface area (Å²) in [6.45, 7) is 0. The van der Waals surface area contributed by atoms with Gasteiger partial charge in [0.15, 0.2) is 0 Å². The molecule has 0 amide bonds. The Bertz CT molecular complexity index is 546. The van der Waals surface area contributed by atoms with E-state index in [0.29, 0.717) is 12.2 Å². The Balaban J connectivity index is 2.42. The molecule has 0 spiro atoms. The van der Waals surface area contributed by atoms with Crippen LogP contribution in [0.2, 0.25) is 0 Å². The minimum absolute atomic E-state index is 0.342. The molecule has 0 radical (unpaired) electrons. The average molecular weight is 225 g/mol. The molecule has 0 saturated carbocycles. The van der Waals surface area contributed by atoms with Gasteiger partial charge in [0.05, 0.1) is 19.6 Å². The Morgan fingerprint density at radius 2 is 2.00 bits per heavy atom. The first kappa shape index (κ1) is 11.1. The summed E-state index contributed by atoms with van der Waals surface area (Å²) in [5.74, 6) is 0.716. The van der Waals surface area contributed by atoms with Crippen LogP contribution in [0.3, 0.4) is 0 Å². The zero-order valence-electron chi connectivity index (χ0n) is 9.42. The molecular weight excluding hydrogens is 214 g/mol. The molecule has 0 unspecified atom stereocenters. The summed E-state index contributed by atoms with van der Waals surface area (Å²) in [6.07, 6.45) is 5.32. The van der Waals surface area contributed by atoms with Crippen molar-refractivity contribution in [1.82, 2.24) is 9.97 Å². The minimum atomic E-state index is 0.342. The molecule has 2 aromatic rings. The van der Waals surface area contributed by atoms with Gasteiger partial charge in [0.1, 0.15) is 12.1 Å². The molecule has 1 aromatic heterocycles. The van der Waals surface area contributed by atoms with Gasteiger partial charge in [-0.1, -0.05) is 12.1 Å². The number of nitriles is 1. The first-order valence-electron chi connectivity index (χ1n) is 5.14. The van der Waals surface area contributed by atoms with Crippen LogP contribution in [0.25, 0.3) is 11.1 Å². The molecule has 0 aliphatic carbocycles. The number of methoxy groups -OCH3 is 1. The second-order valence-electron chi connectivity index (χ2n) is 3.49. The lowest BCUT2D eigenvalue weighted by atomic mass is 10.0. The minimum Gasteiger partial charge on any atom is -0.496 e. The lowest BCUT2D eigenvalue weighted by Gasteiger charge is -2.08. The monoisotopic (exact) mass is 225 g/mol. The van der Waals surface area contributed by atoms with Crippen molar-refractivity contribution in [3.63, 3.8) is 0 Å². The number of rotatable bonds is 3. The van der Waals surface area contributed by atoms with E-state index in [4.69, 9.17) is 10.00 Å². The van der Waals surface area contributed by atoms with E-state index in [1.54, 1.807) is 19.5 Å². The van der Waals surface area contributed by atoms with Crippen LogP contribution >= 0.6 is 0 Å². The number of hydrogen-bond donors (Lipinski definition) is 0. The zero-order valence-corrected chi connectivity index (χ0v) is 9.42. The third kappa shape index (κ3) is 2.40. The highest BCUT2D eigenvalue weighted by molar-refractivity contribution is 5.64. The molecule has 1 aromatic carbocycles. The molecule has 0 aliphatic heterocycles. The van der Waals surface area contributed by atoms with Crippen LogP contribution in [0.5, 0.6) is 5.75 Å². The molecule has 84 valence electrons. The molecule has 0 aliphatic rings. The Morgan fingerprint density at radius 1 is 1.24 bits per heavy atom. The van der Waals surface area contributed by atoms with Gasteiger partial charge in [-0.2, -0.15) is 5.26 Å². The van der Waals surface area contributed by atoms with E-state index in [2.05, 4.69) is 16.0 Å². The quantitative estimate of drug-likeness (QED) is 0.803. The van der Waals surface area contributed by atoms with Gasteiger partial charge in [0.2, 0.25) is 0 Å². The van der Waals surface area contributed by atoms with E-state index >= 15 is 0 Å². The van der Waals surface area contributed by atoms with Gasteiger partial charge in [0.25, 0.3) is 0 Å². The van der Waals surface area contributed by atoms with Crippen molar-refractivity contribution in [2.45, 2.75) is 6.42 Å². The summed E-state index contributed by atoms with van der Waals surface area (Å²) in [6, 6.07) is 7.84. The van der Waals surface area contributed by atoms with Gasteiger partial charge in [-0.05, 0) is 11.6 Å². The molecule has 0 saturated heterocycles. The second kappa shape index (κ2) is 5.08. The van der Waals surface area contributed by atoms with Gasteiger partial charge in [0, 0.05) is 23.5 Å². The van der Waals surface area contributed by atoms with Crippen molar-refractivity contribution < 1.29 is 4.74 Å². The number of aromatic nitrogens is 2. The van der Waals surface area contributed by atoms with E-state index in [1.807, 2.05) is 18.2 Å². The summed E-state index contributed by atoms with van der Waals surface area (Å²) in [5.41, 5.74) is 2.79. The lowest BCUT2D eigenvalue weighted by Crippen LogP contribution is -1.92. The fourth-order valence-electron chi connectivity index (χ4n) is 1.60. The molecular formula is C13H11N3O. The van der Waals surface area contributed by atoms with E-state index < -0.39 is 0 Å². The average Bonchev–Trinajstić information content (AvgIpc) is 2.40. The molecule has 0 fully saturated rings. The topological polar surface area (TPSA) is 58.8 Å². The second-order valence-corrected chi connectivity index (χ2v) is 3.49. The first-order chi connectivity index (χ1) is 8.35. The highest BCUT2D eigenvalue weighted by Crippen LogP contribution is 2.26. The van der Waals surface area contributed by atoms with Crippen LogP contribution in [-0.2, 0) is 6.42 Å². The molecule has 0 N–H and O–H groups in total. The Morgan fingerprint density at radius 3 is 2.65 bits per heavy atom. The van der Waals surface area contributed by atoms with Gasteiger partial charge in [-0.3, -0.25) is 0 Å². The Kier molecular flexibility index (Phi) is 3.31. The maximum atomic E-state index is 8.70. The van der Waals surface area contributed by atoms with Gasteiger partial charge in [-0.25, -0.2) is 9.97 Å². The van der Waals surface area contributed by atoms with Crippen molar-refractivity contribution in [3.05, 3.63) is 42.5 Å². The van der Waals surface area contributed by atoms with Gasteiger partial charge >= 0.3 is 0 Å². The van der Waals surface area contributed by atoms with Crippen molar-refractivity contribution in [2.75, 3.05) is 7.11 Å². The van der Waals surface area contributed by atoms with E-state index in [0.717, 1.165) is 16.7 Å². The molecule has 17 heavy (non-hydrogen) atoms. The summed E-state index contributed by atoms with van der Waals surface area (Å²) in [4.78, 5) is 7.94. The normalized spacial score (nSPS) is 9.65. The van der Waals surface area contributed by atoms with Crippen LogP contribution in [0, 0.1) is 11.3 Å². The Labute approximate surface area is 99.5 Å². The molecule has 4 heteroatoms. The highest BCUT2D eigenvalue weighted by atomic mass is 16.5. The molecule has 1 heterocycles. The summed E-state index contributed by atoms with van der Waals surface area (Å²) in [5, 5.41) is 8.70. The van der Waals surface area contributed by atoms with E-state index in [1.165, 1.54) is 6.33 Å². The molecule has 0 atom stereocenters. The molecule has 4 nitrogen and oxygen atoms in total. The van der Waals surface area contributed by atoms with Crippen molar-refractivity contribution >= 4 is 0 Å². The summed E-state index contributed by atoms with van der Waals surface area (Å²) < 4.78 is 5.27. The maximum Gasteiger partial charge on any atom is 0.123 e. The summed E-state index contributed by atoms with van der Waals surface area (Å²) >= 11 is 0. The lowest BCUT2D eigenvalue weighted by molar-refractivity contribution is 0.411. The number of benzene rings is 1. The summed E-state index contributed by atoms with van der Waals surface area (Å²) in [7, 11) is 1.60. The zero-order chi connectivity index (χ0) is 12.1. The predicted octanol–water partition coefficient (Wildman–Crippen LogP) is 2.22. The van der Waals surface area contributed by atoms with Crippen LogP contribution in [-0.4, -0.2) is 17.1 Å². The molecule has 0 bridgehead atoms. The fraction of sp³-hybridized carbons (Fsp3) is 0.154. The van der Waals surface area contributed by atoms with Crippen LogP contribution in [0.1, 0.15) is 5.56 Å². The largest absolute Gasteiger partial charge is 0.496 e. The SMILES string of the molecule is COc1cc(-c2cncnc2)ccc1CC#N. The van der Waals surface area contributed by atoms with Crippen LogP contribution in [0.15, 0.2) is 36.9 Å².